The van der Waals surface area contributed by atoms with E-state index in [2.05, 4.69) is 34.6 Å². The molecule has 0 aromatic carbocycles. The summed E-state index contributed by atoms with van der Waals surface area (Å²) in [5.74, 6) is 0.0614. The average Bonchev–Trinajstić information content (AvgIpc) is 2.62. The highest BCUT2D eigenvalue weighted by atomic mass is 16.7. The highest BCUT2D eigenvalue weighted by Gasteiger charge is 2.38. The molecule has 0 aliphatic rings. The monoisotopic (exact) mass is 358 g/mol. The second-order valence-electron chi connectivity index (χ2n) is 7.04. The van der Waals surface area contributed by atoms with E-state index in [-0.39, 0.29) is 0 Å². The van der Waals surface area contributed by atoms with Gasteiger partial charge in [-0.15, -0.1) is 0 Å². The predicted octanol–water partition coefficient (Wildman–Crippen LogP) is 6.74. The maximum Gasteiger partial charge on any atom is 0.170 e. The van der Waals surface area contributed by atoms with Gasteiger partial charge in [-0.05, 0) is 46.0 Å². The van der Waals surface area contributed by atoms with Crippen molar-refractivity contribution in [3.05, 3.63) is 0 Å². The zero-order chi connectivity index (χ0) is 18.8. The first kappa shape index (κ1) is 24.9. The summed E-state index contributed by atoms with van der Waals surface area (Å²) in [5, 5.41) is 0. The lowest BCUT2D eigenvalue weighted by Gasteiger charge is -2.40. The Bertz CT molecular complexity index is 262. The normalized spacial score (nSPS) is 13.3. The molecule has 1 unspecified atom stereocenters. The van der Waals surface area contributed by atoms with Gasteiger partial charge in [0.25, 0.3) is 0 Å². The van der Waals surface area contributed by atoms with E-state index in [1.165, 1.54) is 44.9 Å². The molecule has 0 amide bonds. The number of ether oxygens (including phenoxy) is 3. The van der Waals surface area contributed by atoms with E-state index < -0.39 is 5.79 Å². The third-order valence-electron chi connectivity index (χ3n) is 4.99. The Labute approximate surface area is 158 Å². The van der Waals surface area contributed by atoms with Crippen LogP contribution in [0.2, 0.25) is 0 Å². The van der Waals surface area contributed by atoms with Crippen LogP contribution >= 0.6 is 0 Å². The van der Waals surface area contributed by atoms with E-state index in [4.69, 9.17) is 14.2 Å². The Morgan fingerprint density at radius 3 is 1.80 bits per heavy atom. The number of hydrogen-bond donors (Lipinski definition) is 0. The van der Waals surface area contributed by atoms with Crippen LogP contribution in [-0.2, 0) is 14.2 Å². The molecule has 0 saturated heterocycles. The first-order valence-electron chi connectivity index (χ1n) is 11.1. The molecule has 0 radical (unpaired) electrons. The van der Waals surface area contributed by atoms with Crippen molar-refractivity contribution in [3.63, 3.8) is 0 Å². The molecule has 0 aliphatic carbocycles. The summed E-state index contributed by atoms with van der Waals surface area (Å²) >= 11 is 0. The van der Waals surface area contributed by atoms with Gasteiger partial charge in [-0.25, -0.2) is 0 Å². The summed E-state index contributed by atoms with van der Waals surface area (Å²) in [6.45, 7) is 14.0. The van der Waals surface area contributed by atoms with E-state index in [1.54, 1.807) is 0 Å². The molecule has 1 atom stereocenters. The largest absolute Gasteiger partial charge is 0.381 e. The second kappa shape index (κ2) is 17.3. The summed E-state index contributed by atoms with van der Waals surface area (Å²) in [6, 6.07) is 0. The lowest BCUT2D eigenvalue weighted by molar-refractivity contribution is -0.268. The van der Waals surface area contributed by atoms with Crippen LogP contribution in [0.25, 0.3) is 0 Å². The van der Waals surface area contributed by atoms with Gasteiger partial charge in [0, 0.05) is 32.3 Å². The quantitative estimate of drug-likeness (QED) is 0.189. The Kier molecular flexibility index (Phi) is 17.2. The van der Waals surface area contributed by atoms with Gasteiger partial charge in [0.05, 0.1) is 0 Å². The van der Waals surface area contributed by atoms with Crippen LogP contribution in [0, 0.1) is 5.92 Å². The van der Waals surface area contributed by atoms with Crippen LogP contribution in [0.4, 0.5) is 0 Å². The third kappa shape index (κ3) is 11.2. The van der Waals surface area contributed by atoms with E-state index in [9.17, 15) is 0 Å². The van der Waals surface area contributed by atoms with Crippen LogP contribution in [-0.4, -0.2) is 32.2 Å². The van der Waals surface area contributed by atoms with Crippen molar-refractivity contribution in [1.82, 2.24) is 0 Å². The molecule has 0 bridgehead atoms. The number of hydrogen-bond acceptors (Lipinski definition) is 3. The van der Waals surface area contributed by atoms with Gasteiger partial charge in [-0.1, -0.05) is 59.3 Å². The van der Waals surface area contributed by atoms with Crippen molar-refractivity contribution in [2.45, 2.75) is 111 Å². The standard InChI is InChI=1S/C22H46O3/c1-6-11-12-13-14-15-17-21(18-16-20-23-19-7-2)22(8-3,24-9-4)25-10-5/h21H,6-20H2,1-5H3. The summed E-state index contributed by atoms with van der Waals surface area (Å²) in [5.41, 5.74) is 0. The van der Waals surface area contributed by atoms with Crippen LogP contribution < -0.4 is 0 Å². The highest BCUT2D eigenvalue weighted by Crippen LogP contribution is 2.35. The highest BCUT2D eigenvalue weighted by molar-refractivity contribution is 4.79. The molecule has 25 heavy (non-hydrogen) atoms. The van der Waals surface area contributed by atoms with Crippen molar-refractivity contribution in [2.24, 2.45) is 5.92 Å². The third-order valence-corrected chi connectivity index (χ3v) is 4.99. The fourth-order valence-corrected chi connectivity index (χ4v) is 3.69. The number of rotatable bonds is 19. The van der Waals surface area contributed by atoms with Gasteiger partial charge >= 0.3 is 0 Å². The minimum atomic E-state index is -0.405. The molecule has 152 valence electrons. The molecule has 0 N–H and O–H groups in total. The fraction of sp³-hybridized carbons (Fsp3) is 1.00. The molecule has 0 heterocycles. The minimum Gasteiger partial charge on any atom is -0.381 e. The summed E-state index contributed by atoms with van der Waals surface area (Å²) in [6.07, 6.45) is 13.5. The fourth-order valence-electron chi connectivity index (χ4n) is 3.69. The first-order chi connectivity index (χ1) is 12.2. The van der Waals surface area contributed by atoms with Gasteiger partial charge in [-0.3, -0.25) is 0 Å². The topological polar surface area (TPSA) is 27.7 Å². The SMILES string of the molecule is CCCCCCCCC(CCCOCCC)C(CC)(OCC)OCC. The molecule has 0 saturated carbocycles. The van der Waals surface area contributed by atoms with Gasteiger partial charge < -0.3 is 14.2 Å². The molecular formula is C22H46O3. The second-order valence-corrected chi connectivity index (χ2v) is 7.04. The van der Waals surface area contributed by atoms with Crippen molar-refractivity contribution >= 4 is 0 Å². The van der Waals surface area contributed by atoms with Crippen molar-refractivity contribution in [1.29, 1.82) is 0 Å². The predicted molar refractivity (Wildman–Crippen MR) is 108 cm³/mol. The Morgan fingerprint density at radius 1 is 0.640 bits per heavy atom. The summed E-state index contributed by atoms with van der Waals surface area (Å²) in [7, 11) is 0. The molecule has 0 aromatic heterocycles. The van der Waals surface area contributed by atoms with Gasteiger partial charge in [-0.2, -0.15) is 0 Å². The van der Waals surface area contributed by atoms with Gasteiger partial charge in [0.2, 0.25) is 0 Å². The zero-order valence-corrected chi connectivity index (χ0v) is 17.9. The Balaban J connectivity index is 4.59. The zero-order valence-electron chi connectivity index (χ0n) is 17.9. The lowest BCUT2D eigenvalue weighted by atomic mass is 9.86. The smallest absolute Gasteiger partial charge is 0.170 e. The van der Waals surface area contributed by atoms with Gasteiger partial charge in [0.1, 0.15) is 0 Å². The molecular weight excluding hydrogens is 312 g/mol. The Morgan fingerprint density at radius 2 is 1.24 bits per heavy atom. The van der Waals surface area contributed by atoms with Crippen LogP contribution in [0.5, 0.6) is 0 Å². The van der Waals surface area contributed by atoms with Gasteiger partial charge in [0.15, 0.2) is 5.79 Å². The molecule has 3 heteroatoms. The van der Waals surface area contributed by atoms with Crippen LogP contribution in [0.1, 0.15) is 105 Å². The number of unbranched alkanes of at least 4 members (excludes halogenated alkanes) is 5. The van der Waals surface area contributed by atoms with Crippen molar-refractivity contribution < 1.29 is 14.2 Å². The molecule has 0 fully saturated rings. The Hall–Kier alpha value is -0.120. The molecule has 0 rings (SSSR count). The maximum absolute atomic E-state index is 6.19. The first-order valence-corrected chi connectivity index (χ1v) is 11.1. The van der Waals surface area contributed by atoms with Crippen molar-refractivity contribution in [2.75, 3.05) is 26.4 Å². The van der Waals surface area contributed by atoms with E-state index in [1.807, 2.05) is 0 Å². The van der Waals surface area contributed by atoms with E-state index in [0.29, 0.717) is 19.1 Å². The van der Waals surface area contributed by atoms with E-state index >= 15 is 0 Å². The van der Waals surface area contributed by atoms with Crippen LogP contribution in [0.3, 0.4) is 0 Å². The summed E-state index contributed by atoms with van der Waals surface area (Å²) in [4.78, 5) is 0. The van der Waals surface area contributed by atoms with Crippen molar-refractivity contribution in [3.8, 4) is 0 Å². The average molecular weight is 359 g/mol. The molecule has 0 spiro atoms. The molecule has 0 aliphatic heterocycles. The van der Waals surface area contributed by atoms with Crippen LogP contribution in [0.15, 0.2) is 0 Å². The van der Waals surface area contributed by atoms with E-state index in [0.717, 1.165) is 38.9 Å². The summed E-state index contributed by atoms with van der Waals surface area (Å²) < 4.78 is 18.1. The molecule has 0 aromatic rings. The lowest BCUT2D eigenvalue weighted by Crippen LogP contribution is -2.43. The minimum absolute atomic E-state index is 0.405. The maximum atomic E-state index is 6.19. The molecule has 3 nitrogen and oxygen atoms in total.